The van der Waals surface area contributed by atoms with Crippen molar-refractivity contribution in [1.82, 2.24) is 25.1 Å². The van der Waals surface area contributed by atoms with E-state index < -0.39 is 0 Å². The van der Waals surface area contributed by atoms with Gasteiger partial charge >= 0.3 is 5.97 Å². The van der Waals surface area contributed by atoms with Gasteiger partial charge in [-0.05, 0) is 54.5 Å². The Morgan fingerprint density at radius 3 is 2.50 bits per heavy atom. The summed E-state index contributed by atoms with van der Waals surface area (Å²) < 4.78 is 6.58. The molecule has 8 heteroatoms. The van der Waals surface area contributed by atoms with Gasteiger partial charge < -0.3 is 9.64 Å². The molecule has 1 aliphatic rings. The summed E-state index contributed by atoms with van der Waals surface area (Å²) >= 11 is 0. The molecule has 1 saturated heterocycles. The van der Waals surface area contributed by atoms with Gasteiger partial charge in [0.15, 0.2) is 0 Å². The summed E-state index contributed by atoms with van der Waals surface area (Å²) in [7, 11) is 0. The minimum atomic E-state index is -0.157. The van der Waals surface area contributed by atoms with Crippen molar-refractivity contribution >= 4 is 11.9 Å². The Labute approximate surface area is 139 Å². The molecule has 0 saturated carbocycles. The van der Waals surface area contributed by atoms with Gasteiger partial charge in [-0.3, -0.25) is 9.59 Å². The van der Waals surface area contributed by atoms with Gasteiger partial charge in [0.05, 0.1) is 18.2 Å². The van der Waals surface area contributed by atoms with Gasteiger partial charge in [-0.25, -0.2) is 4.68 Å². The Bertz CT molecular complexity index is 691. The lowest BCUT2D eigenvalue weighted by Crippen LogP contribution is -2.40. The molecule has 2 aromatic rings. The molecule has 0 unspecified atom stereocenters. The summed E-state index contributed by atoms with van der Waals surface area (Å²) in [4.78, 5) is 26.1. The maximum Gasteiger partial charge on any atom is 0.309 e. The second kappa shape index (κ2) is 7.20. The molecule has 0 N–H and O–H groups in total. The Hall–Kier alpha value is -2.77. The third-order valence-corrected chi connectivity index (χ3v) is 4.13. The predicted octanol–water partition coefficient (Wildman–Crippen LogP) is 1.08. The molecule has 24 heavy (non-hydrogen) atoms. The fraction of sp³-hybridized carbons (Fsp3) is 0.438. The highest BCUT2D eigenvalue weighted by Crippen LogP contribution is 2.20. The Morgan fingerprint density at radius 1 is 1.21 bits per heavy atom. The van der Waals surface area contributed by atoms with Crippen molar-refractivity contribution in [3.63, 3.8) is 0 Å². The molecule has 1 aromatic carbocycles. The van der Waals surface area contributed by atoms with Crippen molar-refractivity contribution in [1.29, 1.82) is 0 Å². The highest BCUT2D eigenvalue weighted by Gasteiger charge is 2.28. The van der Waals surface area contributed by atoms with Gasteiger partial charge in [0, 0.05) is 18.7 Å². The van der Waals surface area contributed by atoms with Crippen LogP contribution in [0.4, 0.5) is 0 Å². The third-order valence-electron chi connectivity index (χ3n) is 4.13. The number of ether oxygens (including phenoxy) is 1. The average Bonchev–Trinajstić information content (AvgIpc) is 3.16. The first-order valence-corrected chi connectivity index (χ1v) is 7.98. The van der Waals surface area contributed by atoms with Gasteiger partial charge in [-0.2, -0.15) is 0 Å². The first-order chi connectivity index (χ1) is 11.7. The second-order valence-electron chi connectivity index (χ2n) is 5.62. The van der Waals surface area contributed by atoms with Crippen molar-refractivity contribution in [3.05, 3.63) is 36.2 Å². The number of carbonyl (C=O) groups excluding carboxylic acids is 2. The molecule has 1 fully saturated rings. The summed E-state index contributed by atoms with van der Waals surface area (Å²) in [5.74, 6) is -0.285. The molecular weight excluding hydrogens is 310 g/mol. The van der Waals surface area contributed by atoms with Gasteiger partial charge in [0.2, 0.25) is 0 Å². The van der Waals surface area contributed by atoms with Crippen LogP contribution < -0.4 is 0 Å². The van der Waals surface area contributed by atoms with Gasteiger partial charge in [0.25, 0.3) is 5.91 Å². The van der Waals surface area contributed by atoms with Crippen LogP contribution in [0.15, 0.2) is 30.6 Å². The van der Waals surface area contributed by atoms with Crippen molar-refractivity contribution in [3.8, 4) is 5.69 Å². The molecular formula is C16H19N5O3. The largest absolute Gasteiger partial charge is 0.466 e. The molecule has 1 aromatic heterocycles. The molecule has 3 rings (SSSR count). The van der Waals surface area contributed by atoms with E-state index in [2.05, 4.69) is 15.5 Å². The second-order valence-corrected chi connectivity index (χ2v) is 5.62. The number of benzene rings is 1. The molecule has 0 radical (unpaired) electrons. The van der Waals surface area contributed by atoms with Crippen LogP contribution >= 0.6 is 0 Å². The Morgan fingerprint density at radius 2 is 1.92 bits per heavy atom. The number of carbonyl (C=O) groups is 2. The molecule has 126 valence electrons. The highest BCUT2D eigenvalue weighted by molar-refractivity contribution is 5.94. The molecule has 0 spiro atoms. The van der Waals surface area contributed by atoms with Gasteiger partial charge in [0.1, 0.15) is 6.33 Å². The van der Waals surface area contributed by atoms with Crippen LogP contribution in [0.1, 0.15) is 30.1 Å². The smallest absolute Gasteiger partial charge is 0.309 e. The Balaban J connectivity index is 1.60. The van der Waals surface area contributed by atoms with E-state index in [9.17, 15) is 9.59 Å². The first kappa shape index (κ1) is 16.1. The van der Waals surface area contributed by atoms with Crippen LogP contribution in [0.2, 0.25) is 0 Å². The number of hydrogen-bond acceptors (Lipinski definition) is 6. The zero-order valence-corrected chi connectivity index (χ0v) is 13.5. The van der Waals surface area contributed by atoms with E-state index in [1.165, 1.54) is 11.0 Å². The predicted molar refractivity (Wildman–Crippen MR) is 84.4 cm³/mol. The van der Waals surface area contributed by atoms with Crippen molar-refractivity contribution in [2.75, 3.05) is 19.7 Å². The summed E-state index contributed by atoms with van der Waals surface area (Å²) in [5.41, 5.74) is 1.40. The van der Waals surface area contributed by atoms with E-state index in [-0.39, 0.29) is 17.8 Å². The van der Waals surface area contributed by atoms with E-state index in [4.69, 9.17) is 4.74 Å². The SMILES string of the molecule is CCOC(=O)C1CCN(C(=O)c2ccc(-n3cnnn3)cc2)CC1. The van der Waals surface area contributed by atoms with Crippen molar-refractivity contribution < 1.29 is 14.3 Å². The number of aromatic nitrogens is 4. The number of hydrogen-bond donors (Lipinski definition) is 0. The number of rotatable bonds is 4. The monoisotopic (exact) mass is 329 g/mol. The Kier molecular flexibility index (Phi) is 4.83. The summed E-state index contributed by atoms with van der Waals surface area (Å²) in [5, 5.41) is 11.0. The fourth-order valence-corrected chi connectivity index (χ4v) is 2.80. The average molecular weight is 329 g/mol. The standard InChI is InChI=1S/C16H19N5O3/c1-2-24-16(23)13-7-9-20(10-8-13)15(22)12-3-5-14(6-4-12)21-11-17-18-19-21/h3-6,11,13H,2,7-10H2,1H3. The molecule has 8 nitrogen and oxygen atoms in total. The third kappa shape index (κ3) is 3.42. The zero-order chi connectivity index (χ0) is 16.9. The normalized spacial score (nSPS) is 15.3. The lowest BCUT2D eigenvalue weighted by molar-refractivity contribution is -0.149. The number of nitrogens with zero attached hydrogens (tertiary/aromatic N) is 5. The maximum absolute atomic E-state index is 12.6. The number of amides is 1. The summed E-state index contributed by atoms with van der Waals surface area (Å²) in [6.45, 7) is 3.33. The lowest BCUT2D eigenvalue weighted by atomic mass is 9.96. The van der Waals surface area contributed by atoms with Crippen LogP contribution in [0.25, 0.3) is 5.69 Å². The van der Waals surface area contributed by atoms with Crippen LogP contribution in [0.3, 0.4) is 0 Å². The quantitative estimate of drug-likeness (QED) is 0.780. The first-order valence-electron chi connectivity index (χ1n) is 7.98. The summed E-state index contributed by atoms with van der Waals surface area (Å²) in [6.07, 6.45) is 2.79. The maximum atomic E-state index is 12.6. The number of tetrazole rings is 1. The van der Waals surface area contributed by atoms with Crippen molar-refractivity contribution in [2.45, 2.75) is 19.8 Å². The van der Waals surface area contributed by atoms with E-state index in [0.29, 0.717) is 38.1 Å². The van der Waals surface area contributed by atoms with Gasteiger partial charge in [-0.15, -0.1) is 5.10 Å². The van der Waals surface area contributed by atoms with E-state index in [0.717, 1.165) is 5.69 Å². The van der Waals surface area contributed by atoms with Crippen LogP contribution in [0.5, 0.6) is 0 Å². The highest BCUT2D eigenvalue weighted by atomic mass is 16.5. The van der Waals surface area contributed by atoms with E-state index in [1.807, 2.05) is 0 Å². The number of likely N-dealkylation sites (tertiary alicyclic amines) is 1. The van der Waals surface area contributed by atoms with E-state index >= 15 is 0 Å². The van der Waals surface area contributed by atoms with Crippen LogP contribution in [-0.4, -0.2) is 56.7 Å². The zero-order valence-electron chi connectivity index (χ0n) is 13.5. The van der Waals surface area contributed by atoms with E-state index in [1.54, 1.807) is 36.1 Å². The number of esters is 1. The minimum Gasteiger partial charge on any atom is -0.466 e. The molecule has 0 bridgehead atoms. The van der Waals surface area contributed by atoms with Gasteiger partial charge in [-0.1, -0.05) is 0 Å². The number of piperidine rings is 1. The lowest BCUT2D eigenvalue weighted by Gasteiger charge is -2.31. The molecule has 2 heterocycles. The van der Waals surface area contributed by atoms with Crippen LogP contribution in [0, 0.1) is 5.92 Å². The molecule has 1 amide bonds. The molecule has 0 atom stereocenters. The fourth-order valence-electron chi connectivity index (χ4n) is 2.80. The molecule has 1 aliphatic heterocycles. The molecule has 0 aliphatic carbocycles. The van der Waals surface area contributed by atoms with Crippen LogP contribution in [-0.2, 0) is 9.53 Å². The topological polar surface area (TPSA) is 90.2 Å². The van der Waals surface area contributed by atoms with Crippen molar-refractivity contribution in [2.24, 2.45) is 5.92 Å². The minimum absolute atomic E-state index is 0.0272. The summed E-state index contributed by atoms with van der Waals surface area (Å²) in [6, 6.07) is 7.12.